The lowest BCUT2D eigenvalue weighted by Crippen LogP contribution is -2.21. The molecule has 0 saturated heterocycles. The Morgan fingerprint density at radius 3 is 1.69 bits per heavy atom. The molecule has 1 unspecified atom stereocenters. The predicted octanol–water partition coefficient (Wildman–Crippen LogP) is 8.37. The summed E-state index contributed by atoms with van der Waals surface area (Å²) in [5, 5.41) is 0. The molecule has 0 N–H and O–H groups in total. The Kier molecular flexibility index (Phi) is 22.2. The van der Waals surface area contributed by atoms with E-state index in [1.807, 2.05) is 37.3 Å². The van der Waals surface area contributed by atoms with Gasteiger partial charge in [-0.2, -0.15) is 0 Å². The van der Waals surface area contributed by atoms with Gasteiger partial charge in [0.1, 0.15) is 0 Å². The molecule has 0 aliphatic rings. The zero-order chi connectivity index (χ0) is 39.7. The first kappa shape index (κ1) is 45.6. The molecule has 0 aliphatic heterocycles. The molecule has 0 aliphatic carbocycles. The van der Waals surface area contributed by atoms with Crippen molar-refractivity contribution in [2.24, 2.45) is 23.7 Å². The fourth-order valence-corrected chi connectivity index (χ4v) is 5.75. The Hall–Kier alpha value is -4.51. The van der Waals surface area contributed by atoms with Gasteiger partial charge >= 0.3 is 17.9 Å². The van der Waals surface area contributed by atoms with E-state index in [1.165, 1.54) is 26.4 Å². The van der Waals surface area contributed by atoms with E-state index in [-0.39, 0.29) is 23.7 Å². The van der Waals surface area contributed by atoms with E-state index in [9.17, 15) is 14.4 Å². The van der Waals surface area contributed by atoms with Gasteiger partial charge in [-0.15, -0.1) is 0 Å². The average molecular weight is 755 g/mol. The van der Waals surface area contributed by atoms with Crippen LogP contribution in [0.15, 0.2) is 48.6 Å². The standard InChI is InChI=1S/C43H62O11/c1-31(2)25-33(4)43(46)52-23-12-10-9-11-22-51-24-21-36(30-54-38-18-14-35(28-40(38)48-6)16-20-42(45)50-8)26-32(3)29-53-37-17-13-34(27-39(37)47-5)15-19-41(44)49-7/h13-20,27-28,31-33,36H,9-12,21-26,29-30H2,1-8H3/b19-15+,20-16+/t32-,33?,36+/m0/s1. The molecule has 54 heavy (non-hydrogen) atoms. The third-order valence-corrected chi connectivity index (χ3v) is 8.66. The van der Waals surface area contributed by atoms with Crippen LogP contribution in [0.4, 0.5) is 0 Å². The van der Waals surface area contributed by atoms with Crippen molar-refractivity contribution in [2.75, 3.05) is 61.5 Å². The first-order valence-corrected chi connectivity index (χ1v) is 18.9. The Morgan fingerprint density at radius 2 is 1.17 bits per heavy atom. The summed E-state index contributed by atoms with van der Waals surface area (Å²) >= 11 is 0. The Bertz CT molecular complexity index is 1470. The molecule has 0 aromatic heterocycles. The SMILES string of the molecule is COC(=O)/C=C/c1ccc(OC[C@@H](C)C[C@@H](CCOCCCCCCOC(=O)C(C)CC(C)C)COc2ccc(/C=C/C(=O)OC)cc2OC)c(OC)c1. The lowest BCUT2D eigenvalue weighted by Gasteiger charge is -2.23. The van der Waals surface area contributed by atoms with Gasteiger partial charge < -0.3 is 37.9 Å². The van der Waals surface area contributed by atoms with Crippen molar-refractivity contribution in [3.05, 3.63) is 59.7 Å². The average Bonchev–Trinajstić information content (AvgIpc) is 3.17. The highest BCUT2D eigenvalue weighted by atomic mass is 16.5. The van der Waals surface area contributed by atoms with Crippen LogP contribution >= 0.6 is 0 Å². The maximum absolute atomic E-state index is 12.1. The minimum atomic E-state index is -0.439. The predicted molar refractivity (Wildman–Crippen MR) is 210 cm³/mol. The normalized spacial score (nSPS) is 13.1. The number of carbonyl (C=O) groups is 3. The minimum Gasteiger partial charge on any atom is -0.493 e. The second-order valence-corrected chi connectivity index (χ2v) is 13.9. The van der Waals surface area contributed by atoms with E-state index in [4.69, 9.17) is 28.4 Å². The Balaban J connectivity index is 1.94. The zero-order valence-electron chi connectivity index (χ0n) is 33.6. The maximum Gasteiger partial charge on any atom is 0.330 e. The number of ether oxygens (including phenoxy) is 8. The molecule has 0 heterocycles. The number of unbranched alkanes of at least 4 members (excludes halogenated alkanes) is 3. The third-order valence-electron chi connectivity index (χ3n) is 8.66. The van der Waals surface area contributed by atoms with Crippen molar-refractivity contribution in [2.45, 2.75) is 72.6 Å². The topological polar surface area (TPSA) is 125 Å². The van der Waals surface area contributed by atoms with Crippen LogP contribution in [0.2, 0.25) is 0 Å². The van der Waals surface area contributed by atoms with Crippen molar-refractivity contribution < 1.29 is 52.3 Å². The first-order valence-electron chi connectivity index (χ1n) is 18.9. The molecule has 11 nitrogen and oxygen atoms in total. The third kappa shape index (κ3) is 18.5. The molecule has 2 aromatic carbocycles. The van der Waals surface area contributed by atoms with Crippen molar-refractivity contribution in [3.8, 4) is 23.0 Å². The highest BCUT2D eigenvalue weighted by Gasteiger charge is 2.18. The summed E-state index contributed by atoms with van der Waals surface area (Å²) in [7, 11) is 5.83. The van der Waals surface area contributed by atoms with E-state index in [2.05, 4.69) is 30.2 Å². The van der Waals surface area contributed by atoms with Gasteiger partial charge in [-0.3, -0.25) is 4.79 Å². The first-order chi connectivity index (χ1) is 26.0. The zero-order valence-corrected chi connectivity index (χ0v) is 33.6. The van der Waals surface area contributed by atoms with Crippen LogP contribution in [0.1, 0.15) is 83.8 Å². The van der Waals surface area contributed by atoms with Gasteiger partial charge in [-0.05, 0) is 104 Å². The molecule has 0 spiro atoms. The molecule has 0 saturated carbocycles. The van der Waals surface area contributed by atoms with Crippen LogP contribution in [0.25, 0.3) is 12.2 Å². The molecule has 11 heteroatoms. The summed E-state index contributed by atoms with van der Waals surface area (Å²) in [5.41, 5.74) is 1.56. The summed E-state index contributed by atoms with van der Waals surface area (Å²) < 4.78 is 44.5. The number of rotatable bonds is 27. The van der Waals surface area contributed by atoms with Crippen LogP contribution < -0.4 is 18.9 Å². The second-order valence-electron chi connectivity index (χ2n) is 13.9. The molecule has 0 amide bonds. The minimum absolute atomic E-state index is 0.0578. The van der Waals surface area contributed by atoms with Crippen molar-refractivity contribution >= 4 is 30.1 Å². The molecule has 0 fully saturated rings. The van der Waals surface area contributed by atoms with Gasteiger partial charge in [0.15, 0.2) is 23.0 Å². The van der Waals surface area contributed by atoms with Gasteiger partial charge in [0.25, 0.3) is 0 Å². The van der Waals surface area contributed by atoms with Crippen LogP contribution in [0, 0.1) is 23.7 Å². The maximum atomic E-state index is 12.1. The van der Waals surface area contributed by atoms with Gasteiger partial charge in [-0.1, -0.05) is 46.2 Å². The summed E-state index contributed by atoms with van der Waals surface area (Å²) in [6, 6.07) is 11.0. The number of hydrogen-bond donors (Lipinski definition) is 0. The number of carbonyl (C=O) groups excluding carboxylic acids is 3. The van der Waals surface area contributed by atoms with Crippen LogP contribution in [-0.2, 0) is 33.3 Å². The van der Waals surface area contributed by atoms with E-state index in [0.29, 0.717) is 62.0 Å². The largest absolute Gasteiger partial charge is 0.493 e. The second kappa shape index (κ2) is 26.3. The molecular weight excluding hydrogens is 692 g/mol. The summed E-state index contributed by atoms with van der Waals surface area (Å²) in [5.74, 6) is 2.12. The molecule has 0 bridgehead atoms. The summed E-state index contributed by atoms with van der Waals surface area (Å²) in [4.78, 5) is 35.2. The van der Waals surface area contributed by atoms with E-state index < -0.39 is 11.9 Å². The Labute approximate surface area is 322 Å². The highest BCUT2D eigenvalue weighted by Crippen LogP contribution is 2.32. The molecule has 300 valence electrons. The summed E-state index contributed by atoms with van der Waals surface area (Å²) in [6.45, 7) is 10.9. The van der Waals surface area contributed by atoms with Gasteiger partial charge in [0.05, 0.1) is 54.2 Å². The number of hydrogen-bond acceptors (Lipinski definition) is 11. The lowest BCUT2D eigenvalue weighted by molar-refractivity contribution is -0.148. The fourth-order valence-electron chi connectivity index (χ4n) is 5.75. The molecule has 0 radical (unpaired) electrons. The van der Waals surface area contributed by atoms with Crippen molar-refractivity contribution in [1.29, 1.82) is 0 Å². The van der Waals surface area contributed by atoms with Crippen molar-refractivity contribution in [3.63, 3.8) is 0 Å². The monoisotopic (exact) mass is 754 g/mol. The van der Waals surface area contributed by atoms with Gasteiger partial charge in [0.2, 0.25) is 0 Å². The Morgan fingerprint density at radius 1 is 0.630 bits per heavy atom. The number of benzene rings is 2. The quantitative estimate of drug-likeness (QED) is 0.0378. The summed E-state index contributed by atoms with van der Waals surface area (Å²) in [6.07, 6.45) is 12.3. The molecule has 3 atom stereocenters. The lowest BCUT2D eigenvalue weighted by atomic mass is 9.94. The number of esters is 3. The van der Waals surface area contributed by atoms with Crippen molar-refractivity contribution in [1.82, 2.24) is 0 Å². The van der Waals surface area contributed by atoms with Crippen LogP contribution in [0.3, 0.4) is 0 Å². The highest BCUT2D eigenvalue weighted by molar-refractivity contribution is 5.87. The van der Waals surface area contributed by atoms with E-state index in [0.717, 1.165) is 56.1 Å². The smallest absolute Gasteiger partial charge is 0.330 e. The van der Waals surface area contributed by atoms with Crippen LogP contribution in [-0.4, -0.2) is 79.4 Å². The molecular formula is C43H62O11. The number of methoxy groups -OCH3 is 4. The fraction of sp³-hybridized carbons (Fsp3) is 0.558. The van der Waals surface area contributed by atoms with Crippen LogP contribution in [0.5, 0.6) is 23.0 Å². The van der Waals surface area contributed by atoms with E-state index in [1.54, 1.807) is 32.4 Å². The molecule has 2 aromatic rings. The van der Waals surface area contributed by atoms with Gasteiger partial charge in [0, 0.05) is 25.4 Å². The molecule has 2 rings (SSSR count). The van der Waals surface area contributed by atoms with Gasteiger partial charge in [-0.25, -0.2) is 9.59 Å². The van der Waals surface area contributed by atoms with E-state index >= 15 is 0 Å².